The molecule has 1 aromatic heterocycles. The first-order valence-electron chi connectivity index (χ1n) is 10.6. The van der Waals surface area contributed by atoms with Gasteiger partial charge in [0.2, 0.25) is 0 Å². The number of carbonyl (C=O) groups is 1. The van der Waals surface area contributed by atoms with Crippen LogP contribution in [0.25, 0.3) is 10.9 Å². The number of unbranched alkanes of at least 4 members (excludes halogenated alkanes) is 3. The Kier molecular flexibility index (Phi) is 8.56. The molecular weight excluding hydrogens is 433 g/mol. The van der Waals surface area contributed by atoms with E-state index in [0.29, 0.717) is 27.9 Å². The number of ether oxygens (including phenoxy) is 2. The average molecular weight is 460 g/mol. The molecule has 31 heavy (non-hydrogen) atoms. The molecule has 0 N–H and O–H groups in total. The number of hydrogen-bond acceptors (Lipinski definition) is 4. The number of esters is 1. The number of hydrogen-bond donors (Lipinski definition) is 0. The molecule has 0 amide bonds. The van der Waals surface area contributed by atoms with Crippen molar-refractivity contribution in [1.29, 1.82) is 0 Å². The van der Waals surface area contributed by atoms with Crippen LogP contribution in [0.2, 0.25) is 10.0 Å². The van der Waals surface area contributed by atoms with Gasteiger partial charge in [-0.25, -0.2) is 0 Å². The molecule has 1 heterocycles. The Balaban J connectivity index is 1.77. The summed E-state index contributed by atoms with van der Waals surface area (Å²) in [5, 5.41) is 1.75. The Morgan fingerprint density at radius 1 is 1.06 bits per heavy atom. The van der Waals surface area contributed by atoms with Crippen LogP contribution in [0.4, 0.5) is 0 Å². The van der Waals surface area contributed by atoms with Gasteiger partial charge in [-0.05, 0) is 48.2 Å². The summed E-state index contributed by atoms with van der Waals surface area (Å²) < 4.78 is 11.7. The predicted octanol–water partition coefficient (Wildman–Crippen LogP) is 7.70. The van der Waals surface area contributed by atoms with E-state index in [-0.39, 0.29) is 12.1 Å². The van der Waals surface area contributed by atoms with Gasteiger partial charge in [-0.3, -0.25) is 9.78 Å². The van der Waals surface area contributed by atoms with E-state index in [2.05, 4.69) is 11.9 Å². The molecule has 6 heteroatoms. The number of pyridine rings is 1. The second-order valence-electron chi connectivity index (χ2n) is 7.55. The van der Waals surface area contributed by atoms with Crippen molar-refractivity contribution in [2.45, 2.75) is 58.7 Å². The predicted molar refractivity (Wildman–Crippen MR) is 126 cm³/mol. The summed E-state index contributed by atoms with van der Waals surface area (Å²) in [6.07, 6.45) is 6.74. The highest BCUT2D eigenvalue weighted by Crippen LogP contribution is 2.37. The van der Waals surface area contributed by atoms with Gasteiger partial charge in [0.1, 0.15) is 18.2 Å². The molecule has 4 nitrogen and oxygen atoms in total. The maximum absolute atomic E-state index is 11.6. The van der Waals surface area contributed by atoms with Gasteiger partial charge in [-0.2, -0.15) is 0 Å². The second-order valence-corrected chi connectivity index (χ2v) is 8.36. The van der Waals surface area contributed by atoms with Gasteiger partial charge >= 0.3 is 5.97 Å². The highest BCUT2D eigenvalue weighted by Gasteiger charge is 2.16. The Morgan fingerprint density at radius 3 is 2.68 bits per heavy atom. The molecule has 164 valence electrons. The fraction of sp³-hybridized carbons (Fsp3) is 0.360. The van der Waals surface area contributed by atoms with Crippen LogP contribution >= 0.6 is 23.2 Å². The highest BCUT2D eigenvalue weighted by atomic mass is 35.5. The van der Waals surface area contributed by atoms with Crippen LogP contribution in [-0.4, -0.2) is 11.0 Å². The van der Waals surface area contributed by atoms with E-state index in [0.717, 1.165) is 35.8 Å². The van der Waals surface area contributed by atoms with Gasteiger partial charge in [0.15, 0.2) is 5.75 Å². The van der Waals surface area contributed by atoms with Crippen LogP contribution in [0.15, 0.2) is 48.7 Å². The third-order valence-corrected chi connectivity index (χ3v) is 5.68. The van der Waals surface area contributed by atoms with Crippen LogP contribution < -0.4 is 4.74 Å². The van der Waals surface area contributed by atoms with Gasteiger partial charge in [-0.15, -0.1) is 0 Å². The van der Waals surface area contributed by atoms with Crippen molar-refractivity contribution in [2.75, 3.05) is 0 Å². The monoisotopic (exact) mass is 459 g/mol. The lowest BCUT2D eigenvalue weighted by Gasteiger charge is -2.18. The molecule has 0 spiro atoms. The molecule has 0 aliphatic heterocycles. The van der Waals surface area contributed by atoms with E-state index in [1.165, 1.54) is 19.8 Å². The standard InChI is InChI=1S/C25H27Cl2NO3/c1-3-4-5-6-12-23(31-17(2)29)19-10-7-9-18(14-19)16-30-25-22(27)15-21(26)20-11-8-13-28-24(20)25/h7-11,13-15,23H,3-6,12,16H2,1-2H3. The lowest BCUT2D eigenvalue weighted by Crippen LogP contribution is -2.09. The number of fused-ring (bicyclic) bond motifs is 1. The minimum Gasteiger partial charge on any atom is -0.485 e. The molecule has 3 rings (SSSR count). The number of halogens is 2. The van der Waals surface area contributed by atoms with E-state index >= 15 is 0 Å². The first-order chi connectivity index (χ1) is 15.0. The largest absolute Gasteiger partial charge is 0.485 e. The molecule has 0 saturated carbocycles. The number of carbonyl (C=O) groups excluding carboxylic acids is 1. The van der Waals surface area contributed by atoms with E-state index < -0.39 is 0 Å². The van der Waals surface area contributed by atoms with Gasteiger partial charge in [-0.1, -0.05) is 67.6 Å². The summed E-state index contributed by atoms with van der Waals surface area (Å²) in [4.78, 5) is 16.0. The minimum absolute atomic E-state index is 0.254. The van der Waals surface area contributed by atoms with E-state index in [1.807, 2.05) is 36.4 Å². The number of rotatable bonds is 10. The van der Waals surface area contributed by atoms with E-state index in [9.17, 15) is 4.79 Å². The quantitative estimate of drug-likeness (QED) is 0.230. The Hall–Kier alpha value is -2.30. The van der Waals surface area contributed by atoms with Gasteiger partial charge < -0.3 is 9.47 Å². The van der Waals surface area contributed by atoms with Crippen molar-refractivity contribution in [2.24, 2.45) is 0 Å². The molecule has 1 unspecified atom stereocenters. The first-order valence-corrected chi connectivity index (χ1v) is 11.4. The molecule has 0 saturated heterocycles. The zero-order chi connectivity index (χ0) is 22.2. The lowest BCUT2D eigenvalue weighted by molar-refractivity contribution is -0.147. The van der Waals surface area contributed by atoms with Gasteiger partial charge in [0.25, 0.3) is 0 Å². The number of nitrogens with zero attached hydrogens (tertiary/aromatic N) is 1. The SMILES string of the molecule is CCCCCCC(OC(C)=O)c1cccc(COc2c(Cl)cc(Cl)c3cccnc23)c1. The minimum atomic E-state index is -0.271. The molecule has 0 bridgehead atoms. The summed E-state index contributed by atoms with van der Waals surface area (Å²) in [5.74, 6) is 0.232. The highest BCUT2D eigenvalue weighted by molar-refractivity contribution is 6.39. The normalized spacial score (nSPS) is 12.0. The Morgan fingerprint density at radius 2 is 1.90 bits per heavy atom. The van der Waals surface area contributed by atoms with Crippen molar-refractivity contribution in [3.8, 4) is 5.75 Å². The molecule has 3 aromatic rings. The van der Waals surface area contributed by atoms with Crippen molar-refractivity contribution in [3.05, 3.63) is 69.8 Å². The van der Waals surface area contributed by atoms with Crippen LogP contribution in [0.3, 0.4) is 0 Å². The van der Waals surface area contributed by atoms with Crippen molar-refractivity contribution in [1.82, 2.24) is 4.98 Å². The third kappa shape index (κ3) is 6.34. The fourth-order valence-electron chi connectivity index (χ4n) is 3.57. The fourth-order valence-corrected chi connectivity index (χ4v) is 4.14. The van der Waals surface area contributed by atoms with Crippen LogP contribution in [-0.2, 0) is 16.1 Å². The number of benzene rings is 2. The van der Waals surface area contributed by atoms with Gasteiger partial charge in [0, 0.05) is 18.5 Å². The number of aromatic nitrogens is 1. The van der Waals surface area contributed by atoms with Crippen LogP contribution in [0.5, 0.6) is 5.75 Å². The zero-order valence-electron chi connectivity index (χ0n) is 17.9. The molecule has 0 aliphatic carbocycles. The molecular formula is C25H27Cl2NO3. The molecule has 0 aliphatic rings. The van der Waals surface area contributed by atoms with E-state index in [4.69, 9.17) is 32.7 Å². The third-order valence-electron chi connectivity index (χ3n) is 5.08. The van der Waals surface area contributed by atoms with Crippen molar-refractivity contribution < 1.29 is 14.3 Å². The first kappa shape index (κ1) is 23.4. The Bertz CT molecular complexity index is 1040. The van der Waals surface area contributed by atoms with Crippen LogP contribution in [0, 0.1) is 0 Å². The topological polar surface area (TPSA) is 48.4 Å². The molecule has 1 atom stereocenters. The van der Waals surface area contributed by atoms with E-state index in [1.54, 1.807) is 12.3 Å². The van der Waals surface area contributed by atoms with Crippen molar-refractivity contribution >= 4 is 40.1 Å². The molecule has 2 aromatic carbocycles. The summed E-state index contributed by atoms with van der Waals surface area (Å²) in [5.41, 5.74) is 2.56. The van der Waals surface area contributed by atoms with Crippen molar-refractivity contribution in [3.63, 3.8) is 0 Å². The average Bonchev–Trinajstić information content (AvgIpc) is 2.76. The second kappa shape index (κ2) is 11.4. The zero-order valence-corrected chi connectivity index (χ0v) is 19.4. The smallest absolute Gasteiger partial charge is 0.303 e. The Labute approximate surface area is 193 Å². The summed E-state index contributed by atoms with van der Waals surface area (Å²) in [6.45, 7) is 3.94. The van der Waals surface area contributed by atoms with Gasteiger partial charge in [0.05, 0.1) is 10.0 Å². The molecule has 0 radical (unpaired) electrons. The van der Waals surface area contributed by atoms with Crippen LogP contribution in [0.1, 0.15) is 63.2 Å². The lowest BCUT2D eigenvalue weighted by atomic mass is 10.0. The summed E-state index contributed by atoms with van der Waals surface area (Å²) in [6, 6.07) is 13.3. The molecule has 0 fully saturated rings. The maximum atomic E-state index is 11.6. The maximum Gasteiger partial charge on any atom is 0.303 e. The summed E-state index contributed by atoms with van der Waals surface area (Å²) >= 11 is 12.7. The summed E-state index contributed by atoms with van der Waals surface area (Å²) in [7, 11) is 0.